The maximum Gasteiger partial charge on any atom is 0.315 e. The van der Waals surface area contributed by atoms with E-state index < -0.39 is 6.10 Å². The summed E-state index contributed by atoms with van der Waals surface area (Å²) in [6.45, 7) is 5.09. The molecule has 138 valence electrons. The summed E-state index contributed by atoms with van der Waals surface area (Å²) >= 11 is 0. The number of anilines is 1. The number of urea groups is 1. The Morgan fingerprint density at radius 2 is 1.80 bits per heavy atom. The predicted octanol–water partition coefficient (Wildman–Crippen LogP) is 3.03. The molecule has 5 nitrogen and oxygen atoms in total. The Kier molecular flexibility index (Phi) is 6.19. The van der Waals surface area contributed by atoms with Gasteiger partial charge in [-0.2, -0.15) is 0 Å². The zero-order chi connectivity index (χ0) is 17.6. The molecule has 2 amide bonds. The molecule has 1 aromatic rings. The number of piperidine rings is 1. The molecule has 0 aromatic heterocycles. The van der Waals surface area contributed by atoms with Gasteiger partial charge in [0.25, 0.3) is 0 Å². The smallest absolute Gasteiger partial charge is 0.315 e. The fourth-order valence-electron chi connectivity index (χ4n) is 3.77. The third-order valence-electron chi connectivity index (χ3n) is 5.58. The molecule has 1 aliphatic heterocycles. The van der Waals surface area contributed by atoms with Crippen LogP contribution in [0.3, 0.4) is 0 Å². The minimum absolute atomic E-state index is 0.113. The minimum atomic E-state index is -0.411. The maximum absolute atomic E-state index is 12.0. The molecule has 2 unspecified atom stereocenters. The quantitative estimate of drug-likeness (QED) is 0.786. The Morgan fingerprint density at radius 3 is 2.48 bits per heavy atom. The van der Waals surface area contributed by atoms with Crippen molar-refractivity contribution in [3.63, 3.8) is 0 Å². The van der Waals surface area contributed by atoms with Gasteiger partial charge in [0.05, 0.1) is 12.1 Å². The van der Waals surface area contributed by atoms with Crippen LogP contribution >= 0.6 is 0 Å². The van der Waals surface area contributed by atoms with Gasteiger partial charge < -0.3 is 20.6 Å². The Labute approximate surface area is 150 Å². The lowest BCUT2D eigenvalue weighted by atomic mass is 9.93. The van der Waals surface area contributed by atoms with E-state index in [1.165, 1.54) is 18.5 Å². The normalized spacial score (nSPS) is 24.8. The van der Waals surface area contributed by atoms with Gasteiger partial charge in [0.15, 0.2) is 0 Å². The van der Waals surface area contributed by atoms with Gasteiger partial charge in [-0.3, -0.25) is 0 Å². The van der Waals surface area contributed by atoms with Crippen molar-refractivity contribution in [3.05, 3.63) is 29.8 Å². The fraction of sp³-hybridized carbons (Fsp3) is 0.650. The average molecular weight is 345 g/mol. The van der Waals surface area contributed by atoms with Gasteiger partial charge in [0.2, 0.25) is 0 Å². The fourth-order valence-corrected chi connectivity index (χ4v) is 3.77. The molecule has 1 saturated heterocycles. The summed E-state index contributed by atoms with van der Waals surface area (Å²) in [5.41, 5.74) is 2.36. The second-order valence-electron chi connectivity index (χ2n) is 7.62. The highest BCUT2D eigenvalue weighted by atomic mass is 16.3. The van der Waals surface area contributed by atoms with Gasteiger partial charge in [0.1, 0.15) is 0 Å². The van der Waals surface area contributed by atoms with Crippen molar-refractivity contribution in [2.75, 3.05) is 18.0 Å². The molecule has 3 rings (SSSR count). The molecule has 1 aromatic carbocycles. The number of hydrogen-bond donors (Lipinski definition) is 3. The summed E-state index contributed by atoms with van der Waals surface area (Å²) in [5.74, 6) is 0.834. The lowest BCUT2D eigenvalue weighted by Gasteiger charge is -2.32. The first-order chi connectivity index (χ1) is 12.1. The number of aliphatic hydroxyl groups is 1. The van der Waals surface area contributed by atoms with E-state index >= 15 is 0 Å². The molecule has 3 N–H and O–H groups in total. The van der Waals surface area contributed by atoms with Gasteiger partial charge in [-0.1, -0.05) is 31.9 Å². The van der Waals surface area contributed by atoms with Crippen LogP contribution in [-0.2, 0) is 6.54 Å². The summed E-state index contributed by atoms with van der Waals surface area (Å²) in [7, 11) is 0. The van der Waals surface area contributed by atoms with Crippen LogP contribution < -0.4 is 15.5 Å². The molecular formula is C20H31N3O2. The number of benzene rings is 1. The van der Waals surface area contributed by atoms with Crippen molar-refractivity contribution in [3.8, 4) is 0 Å². The van der Waals surface area contributed by atoms with Gasteiger partial charge >= 0.3 is 6.03 Å². The lowest BCUT2D eigenvalue weighted by Crippen LogP contribution is -2.48. The minimum Gasteiger partial charge on any atom is -0.391 e. The van der Waals surface area contributed by atoms with E-state index in [1.807, 2.05) is 0 Å². The number of amides is 2. The monoisotopic (exact) mass is 345 g/mol. The second kappa shape index (κ2) is 8.56. The van der Waals surface area contributed by atoms with E-state index in [2.05, 4.69) is 46.7 Å². The number of nitrogens with zero attached hydrogens (tertiary/aromatic N) is 1. The van der Waals surface area contributed by atoms with E-state index in [0.29, 0.717) is 6.54 Å². The molecule has 1 saturated carbocycles. The summed E-state index contributed by atoms with van der Waals surface area (Å²) in [6.07, 6.45) is 5.86. The van der Waals surface area contributed by atoms with E-state index in [9.17, 15) is 9.90 Å². The topological polar surface area (TPSA) is 64.6 Å². The first-order valence-electron chi connectivity index (χ1n) is 9.68. The SMILES string of the molecule is CC1CCN(c2ccc(CNC(=O)NC3CCCCC3O)cc2)CC1. The first-order valence-corrected chi connectivity index (χ1v) is 9.68. The Hall–Kier alpha value is -1.75. The van der Waals surface area contributed by atoms with E-state index in [1.54, 1.807) is 0 Å². The summed E-state index contributed by atoms with van der Waals surface area (Å²) in [4.78, 5) is 14.5. The number of nitrogens with one attached hydrogen (secondary N) is 2. The van der Waals surface area contributed by atoms with Crippen molar-refractivity contribution in [2.45, 2.75) is 64.1 Å². The van der Waals surface area contributed by atoms with Crippen molar-refractivity contribution in [1.29, 1.82) is 0 Å². The van der Waals surface area contributed by atoms with Crippen molar-refractivity contribution in [2.24, 2.45) is 5.92 Å². The largest absolute Gasteiger partial charge is 0.391 e. The summed E-state index contributed by atoms with van der Waals surface area (Å²) in [5, 5.41) is 15.7. The highest BCUT2D eigenvalue weighted by Crippen LogP contribution is 2.23. The Balaban J connectivity index is 1.44. The molecule has 0 radical (unpaired) electrons. The summed E-state index contributed by atoms with van der Waals surface area (Å²) in [6, 6.07) is 8.16. The van der Waals surface area contributed by atoms with E-state index in [-0.39, 0.29) is 12.1 Å². The van der Waals surface area contributed by atoms with Crippen LogP contribution in [0.25, 0.3) is 0 Å². The van der Waals surface area contributed by atoms with Crippen LogP contribution in [0.4, 0.5) is 10.5 Å². The highest BCUT2D eigenvalue weighted by Gasteiger charge is 2.24. The molecule has 5 heteroatoms. The number of aliphatic hydroxyl groups excluding tert-OH is 1. The molecule has 0 spiro atoms. The van der Waals surface area contributed by atoms with Crippen LogP contribution in [0.1, 0.15) is 51.0 Å². The van der Waals surface area contributed by atoms with Gasteiger partial charge in [-0.05, 0) is 49.3 Å². The van der Waals surface area contributed by atoms with Gasteiger partial charge in [-0.25, -0.2) is 4.79 Å². The van der Waals surface area contributed by atoms with E-state index in [4.69, 9.17) is 0 Å². The van der Waals surface area contributed by atoms with Crippen molar-refractivity contribution < 1.29 is 9.90 Å². The van der Waals surface area contributed by atoms with Crippen molar-refractivity contribution in [1.82, 2.24) is 10.6 Å². The molecular weight excluding hydrogens is 314 g/mol. The van der Waals surface area contributed by atoms with Crippen LogP contribution in [0.5, 0.6) is 0 Å². The molecule has 2 aliphatic rings. The molecule has 0 bridgehead atoms. The van der Waals surface area contributed by atoms with Gasteiger partial charge in [0, 0.05) is 25.3 Å². The predicted molar refractivity (Wildman–Crippen MR) is 101 cm³/mol. The van der Waals surface area contributed by atoms with E-state index in [0.717, 1.165) is 50.3 Å². The Bertz CT molecular complexity index is 553. The Morgan fingerprint density at radius 1 is 1.12 bits per heavy atom. The third kappa shape index (κ3) is 5.11. The van der Waals surface area contributed by atoms with Crippen LogP contribution in [0, 0.1) is 5.92 Å². The number of carbonyl (C=O) groups excluding carboxylic acids is 1. The highest BCUT2D eigenvalue weighted by molar-refractivity contribution is 5.74. The van der Waals surface area contributed by atoms with Gasteiger partial charge in [-0.15, -0.1) is 0 Å². The average Bonchev–Trinajstić information content (AvgIpc) is 2.63. The first kappa shape index (κ1) is 18.1. The number of hydrogen-bond acceptors (Lipinski definition) is 3. The zero-order valence-corrected chi connectivity index (χ0v) is 15.2. The summed E-state index contributed by atoms with van der Waals surface area (Å²) < 4.78 is 0. The zero-order valence-electron chi connectivity index (χ0n) is 15.2. The lowest BCUT2D eigenvalue weighted by molar-refractivity contribution is 0.0943. The molecule has 1 heterocycles. The van der Waals surface area contributed by atoms with Crippen LogP contribution in [0.2, 0.25) is 0 Å². The molecule has 2 fully saturated rings. The standard InChI is InChI=1S/C20H31N3O2/c1-15-10-12-23(13-11-15)17-8-6-16(7-9-17)14-21-20(25)22-18-4-2-3-5-19(18)24/h6-9,15,18-19,24H,2-5,10-14H2,1H3,(H2,21,22,25). The molecule has 2 atom stereocenters. The third-order valence-corrected chi connectivity index (χ3v) is 5.58. The number of rotatable bonds is 4. The van der Waals surface area contributed by atoms with Crippen LogP contribution in [0.15, 0.2) is 24.3 Å². The second-order valence-corrected chi connectivity index (χ2v) is 7.62. The maximum atomic E-state index is 12.0. The van der Waals surface area contributed by atoms with Crippen LogP contribution in [-0.4, -0.2) is 36.4 Å². The number of carbonyl (C=O) groups is 1. The molecule has 1 aliphatic carbocycles. The molecule has 25 heavy (non-hydrogen) atoms. The van der Waals surface area contributed by atoms with Crippen molar-refractivity contribution >= 4 is 11.7 Å².